The van der Waals surface area contributed by atoms with Crippen molar-refractivity contribution in [3.8, 4) is 0 Å². The second-order valence-electron chi connectivity index (χ2n) is 6.61. The van der Waals surface area contributed by atoms with Gasteiger partial charge < -0.3 is 5.11 Å². The van der Waals surface area contributed by atoms with E-state index in [4.69, 9.17) is 5.11 Å². The molecule has 1 saturated carbocycles. The summed E-state index contributed by atoms with van der Waals surface area (Å²) in [6.07, 6.45) is 6.37. The fraction of sp³-hybridized carbons (Fsp3) is 0.611. The van der Waals surface area contributed by atoms with E-state index in [9.17, 15) is 4.79 Å². The van der Waals surface area contributed by atoms with Crippen LogP contribution in [0.3, 0.4) is 0 Å². The topological polar surface area (TPSA) is 40.5 Å². The van der Waals surface area contributed by atoms with Gasteiger partial charge in [0.25, 0.3) is 0 Å². The van der Waals surface area contributed by atoms with Crippen molar-refractivity contribution in [1.82, 2.24) is 4.90 Å². The van der Waals surface area contributed by atoms with Crippen LogP contribution in [-0.2, 0) is 11.3 Å². The highest BCUT2D eigenvalue weighted by atomic mass is 16.4. The molecule has 0 amide bonds. The number of carbonyl (C=O) groups is 1. The van der Waals surface area contributed by atoms with E-state index in [0.29, 0.717) is 5.92 Å². The summed E-state index contributed by atoms with van der Waals surface area (Å²) in [6, 6.07) is 9.04. The highest BCUT2D eigenvalue weighted by Gasteiger charge is 2.26. The lowest BCUT2D eigenvalue weighted by Crippen LogP contribution is -2.20. The SMILES string of the molecule is O=C(O)C1CCC(c2ccc(CN3CCCC3)cc2)CC1. The van der Waals surface area contributed by atoms with E-state index in [1.165, 1.54) is 37.1 Å². The van der Waals surface area contributed by atoms with Gasteiger partial charge in [0, 0.05) is 6.54 Å². The van der Waals surface area contributed by atoms with Gasteiger partial charge in [-0.25, -0.2) is 0 Å². The highest BCUT2D eigenvalue weighted by molar-refractivity contribution is 5.70. The minimum absolute atomic E-state index is 0.115. The van der Waals surface area contributed by atoms with Gasteiger partial charge in [-0.05, 0) is 68.7 Å². The lowest BCUT2D eigenvalue weighted by molar-refractivity contribution is -0.142. The third kappa shape index (κ3) is 3.65. The summed E-state index contributed by atoms with van der Waals surface area (Å²) in [4.78, 5) is 13.5. The van der Waals surface area contributed by atoms with E-state index in [0.717, 1.165) is 32.2 Å². The largest absolute Gasteiger partial charge is 0.481 e. The number of hydrogen-bond donors (Lipinski definition) is 1. The van der Waals surface area contributed by atoms with Gasteiger partial charge in [0.15, 0.2) is 0 Å². The lowest BCUT2D eigenvalue weighted by Gasteiger charge is -2.26. The zero-order chi connectivity index (χ0) is 14.7. The van der Waals surface area contributed by atoms with Crippen molar-refractivity contribution >= 4 is 5.97 Å². The van der Waals surface area contributed by atoms with E-state index in [1.807, 2.05) is 0 Å². The molecule has 1 N–H and O–H groups in total. The van der Waals surface area contributed by atoms with E-state index in [-0.39, 0.29) is 5.92 Å². The number of hydrogen-bond acceptors (Lipinski definition) is 2. The standard InChI is InChI=1S/C18H25NO2/c20-18(21)17-9-7-16(8-10-17)15-5-3-14(4-6-15)13-19-11-1-2-12-19/h3-6,16-17H,1-2,7-13H2,(H,20,21). The van der Waals surface area contributed by atoms with E-state index in [2.05, 4.69) is 29.2 Å². The van der Waals surface area contributed by atoms with Crippen molar-refractivity contribution in [2.75, 3.05) is 13.1 Å². The lowest BCUT2D eigenvalue weighted by atomic mass is 9.78. The second-order valence-corrected chi connectivity index (χ2v) is 6.61. The molecule has 2 fully saturated rings. The van der Waals surface area contributed by atoms with Crippen LogP contribution in [0.25, 0.3) is 0 Å². The first-order chi connectivity index (χ1) is 10.2. The molecule has 0 spiro atoms. The number of nitrogens with zero attached hydrogens (tertiary/aromatic N) is 1. The molecule has 1 saturated heterocycles. The predicted octanol–water partition coefficient (Wildman–Crippen LogP) is 3.64. The van der Waals surface area contributed by atoms with Crippen LogP contribution in [0.4, 0.5) is 0 Å². The number of carboxylic acids is 1. The summed E-state index contributed by atoms with van der Waals surface area (Å²) in [5, 5.41) is 9.06. The molecule has 21 heavy (non-hydrogen) atoms. The van der Waals surface area contributed by atoms with Crippen molar-refractivity contribution in [3.63, 3.8) is 0 Å². The van der Waals surface area contributed by atoms with Crippen LogP contribution in [-0.4, -0.2) is 29.1 Å². The summed E-state index contributed by atoms with van der Waals surface area (Å²) in [5.41, 5.74) is 2.80. The highest BCUT2D eigenvalue weighted by Crippen LogP contribution is 2.35. The quantitative estimate of drug-likeness (QED) is 0.919. The molecule has 1 aromatic rings. The monoisotopic (exact) mass is 287 g/mol. The molecule has 2 aliphatic rings. The molecule has 3 nitrogen and oxygen atoms in total. The van der Waals surface area contributed by atoms with Crippen molar-refractivity contribution in [1.29, 1.82) is 0 Å². The Hall–Kier alpha value is -1.35. The normalized spacial score (nSPS) is 26.9. The minimum atomic E-state index is -0.616. The summed E-state index contributed by atoms with van der Waals surface area (Å²) in [5.74, 6) is -0.175. The third-order valence-corrected chi connectivity index (χ3v) is 5.13. The predicted molar refractivity (Wildman–Crippen MR) is 83.3 cm³/mol. The summed E-state index contributed by atoms with van der Waals surface area (Å²) in [6.45, 7) is 3.55. The Morgan fingerprint density at radius 2 is 1.67 bits per heavy atom. The molecule has 1 aliphatic heterocycles. The summed E-state index contributed by atoms with van der Waals surface area (Å²) >= 11 is 0. The van der Waals surface area contributed by atoms with Gasteiger partial charge in [-0.15, -0.1) is 0 Å². The Kier molecular flexibility index (Phi) is 4.59. The summed E-state index contributed by atoms with van der Waals surface area (Å²) < 4.78 is 0. The molecular formula is C18H25NO2. The Bertz CT molecular complexity index is 468. The average molecular weight is 287 g/mol. The molecule has 1 aliphatic carbocycles. The second kappa shape index (κ2) is 6.61. The third-order valence-electron chi connectivity index (χ3n) is 5.13. The maximum absolute atomic E-state index is 11.0. The minimum Gasteiger partial charge on any atom is -0.481 e. The van der Waals surface area contributed by atoms with Gasteiger partial charge in [-0.2, -0.15) is 0 Å². The van der Waals surface area contributed by atoms with Gasteiger partial charge in [0.2, 0.25) is 0 Å². The maximum atomic E-state index is 11.0. The van der Waals surface area contributed by atoms with E-state index < -0.39 is 5.97 Å². The van der Waals surface area contributed by atoms with Crippen LogP contribution in [0, 0.1) is 5.92 Å². The Morgan fingerprint density at radius 1 is 1.05 bits per heavy atom. The van der Waals surface area contributed by atoms with E-state index in [1.54, 1.807) is 0 Å². The van der Waals surface area contributed by atoms with Gasteiger partial charge in [0.05, 0.1) is 5.92 Å². The first kappa shape index (κ1) is 14.6. The van der Waals surface area contributed by atoms with Crippen LogP contribution in [0.2, 0.25) is 0 Å². The van der Waals surface area contributed by atoms with Crippen molar-refractivity contribution in [2.24, 2.45) is 5.92 Å². The molecule has 0 bridgehead atoms. The van der Waals surface area contributed by atoms with Crippen LogP contribution >= 0.6 is 0 Å². The molecule has 0 aromatic heterocycles. The van der Waals surface area contributed by atoms with Crippen LogP contribution in [0.5, 0.6) is 0 Å². The maximum Gasteiger partial charge on any atom is 0.306 e. The fourth-order valence-corrected chi connectivity index (χ4v) is 3.77. The average Bonchev–Trinajstić information content (AvgIpc) is 3.01. The van der Waals surface area contributed by atoms with Crippen molar-refractivity contribution in [3.05, 3.63) is 35.4 Å². The zero-order valence-corrected chi connectivity index (χ0v) is 12.6. The molecule has 1 heterocycles. The number of benzene rings is 1. The van der Waals surface area contributed by atoms with Crippen LogP contribution < -0.4 is 0 Å². The number of aliphatic carboxylic acids is 1. The van der Waals surface area contributed by atoms with Gasteiger partial charge in [0.1, 0.15) is 0 Å². The van der Waals surface area contributed by atoms with Gasteiger partial charge >= 0.3 is 5.97 Å². The molecule has 3 rings (SSSR count). The molecule has 0 unspecified atom stereocenters. The van der Waals surface area contributed by atoms with Crippen molar-refractivity contribution in [2.45, 2.75) is 51.0 Å². The molecule has 114 valence electrons. The first-order valence-corrected chi connectivity index (χ1v) is 8.26. The first-order valence-electron chi connectivity index (χ1n) is 8.26. The Labute approximate surface area is 127 Å². The Balaban J connectivity index is 1.55. The molecule has 1 aromatic carbocycles. The zero-order valence-electron chi connectivity index (χ0n) is 12.6. The molecule has 0 radical (unpaired) electrons. The number of likely N-dealkylation sites (tertiary alicyclic amines) is 1. The smallest absolute Gasteiger partial charge is 0.306 e. The molecule has 0 atom stereocenters. The fourth-order valence-electron chi connectivity index (χ4n) is 3.77. The van der Waals surface area contributed by atoms with E-state index >= 15 is 0 Å². The Morgan fingerprint density at radius 3 is 2.24 bits per heavy atom. The van der Waals surface area contributed by atoms with Crippen molar-refractivity contribution < 1.29 is 9.90 Å². The number of carboxylic acid groups (broad SMARTS) is 1. The summed E-state index contributed by atoms with van der Waals surface area (Å²) in [7, 11) is 0. The van der Waals surface area contributed by atoms with Gasteiger partial charge in [-0.1, -0.05) is 24.3 Å². The van der Waals surface area contributed by atoms with Crippen LogP contribution in [0.1, 0.15) is 55.6 Å². The molecule has 3 heteroatoms. The number of rotatable bonds is 4. The molecular weight excluding hydrogens is 262 g/mol. The van der Waals surface area contributed by atoms with Gasteiger partial charge in [-0.3, -0.25) is 9.69 Å². The van der Waals surface area contributed by atoms with Crippen LogP contribution in [0.15, 0.2) is 24.3 Å².